The molecular weight excluding hydrogens is 354 g/mol. The molecule has 0 atom stereocenters. The zero-order valence-electron chi connectivity index (χ0n) is 14.6. The van der Waals surface area contributed by atoms with Crippen molar-refractivity contribution in [3.8, 4) is 0 Å². The molecule has 7 heteroatoms. The molecule has 0 aliphatic heterocycles. The maximum atomic E-state index is 12.1. The van der Waals surface area contributed by atoms with Crippen molar-refractivity contribution < 1.29 is 14.4 Å². The SMILES string of the molecule is CC(=O)c1ccc(NC(=O)CN(C)CC(=O)Nc2ccccc2Cl)cc1. The number of Topliss-reactive ketones (excluding diaryl/α,β-unsaturated/α-hetero) is 1. The molecule has 2 N–H and O–H groups in total. The van der Waals surface area contributed by atoms with Gasteiger partial charge in [0.2, 0.25) is 11.8 Å². The molecule has 0 saturated carbocycles. The first-order valence-corrected chi connectivity index (χ1v) is 8.36. The Bertz CT molecular complexity index is 806. The molecule has 0 aliphatic carbocycles. The van der Waals surface area contributed by atoms with Crippen LogP contribution in [0.4, 0.5) is 11.4 Å². The van der Waals surface area contributed by atoms with Gasteiger partial charge in [-0.3, -0.25) is 19.3 Å². The van der Waals surface area contributed by atoms with E-state index in [4.69, 9.17) is 11.6 Å². The highest BCUT2D eigenvalue weighted by atomic mass is 35.5. The standard InChI is InChI=1S/C19H20ClN3O3/c1-13(24)14-7-9-15(10-8-14)21-18(25)11-23(2)12-19(26)22-17-6-4-3-5-16(17)20/h3-10H,11-12H2,1-2H3,(H,21,25)(H,22,26). The number of nitrogens with one attached hydrogen (secondary N) is 2. The zero-order chi connectivity index (χ0) is 19.1. The number of anilines is 2. The van der Waals surface area contributed by atoms with E-state index in [2.05, 4.69) is 10.6 Å². The van der Waals surface area contributed by atoms with E-state index in [1.54, 1.807) is 60.5 Å². The maximum Gasteiger partial charge on any atom is 0.238 e. The lowest BCUT2D eigenvalue weighted by atomic mass is 10.1. The number of likely N-dealkylation sites (N-methyl/N-ethyl adjacent to an activating group) is 1. The highest BCUT2D eigenvalue weighted by Gasteiger charge is 2.12. The van der Waals surface area contributed by atoms with Gasteiger partial charge in [-0.1, -0.05) is 23.7 Å². The van der Waals surface area contributed by atoms with Gasteiger partial charge in [-0.05, 0) is 50.4 Å². The van der Waals surface area contributed by atoms with E-state index < -0.39 is 0 Å². The largest absolute Gasteiger partial charge is 0.325 e. The van der Waals surface area contributed by atoms with Crippen LogP contribution in [0, 0.1) is 0 Å². The minimum absolute atomic E-state index is 0.0351. The summed E-state index contributed by atoms with van der Waals surface area (Å²) in [6.07, 6.45) is 0. The van der Waals surface area contributed by atoms with Crippen LogP contribution in [-0.4, -0.2) is 42.6 Å². The lowest BCUT2D eigenvalue weighted by Crippen LogP contribution is -2.36. The van der Waals surface area contributed by atoms with Crippen LogP contribution in [0.2, 0.25) is 5.02 Å². The van der Waals surface area contributed by atoms with Gasteiger partial charge >= 0.3 is 0 Å². The molecule has 2 aromatic carbocycles. The van der Waals surface area contributed by atoms with Gasteiger partial charge in [0.1, 0.15) is 0 Å². The Morgan fingerprint density at radius 2 is 1.50 bits per heavy atom. The molecule has 6 nitrogen and oxygen atoms in total. The van der Waals surface area contributed by atoms with E-state index >= 15 is 0 Å². The maximum absolute atomic E-state index is 12.1. The van der Waals surface area contributed by atoms with Crippen molar-refractivity contribution in [3.63, 3.8) is 0 Å². The van der Waals surface area contributed by atoms with Gasteiger partial charge in [-0.2, -0.15) is 0 Å². The van der Waals surface area contributed by atoms with E-state index in [0.29, 0.717) is 22.0 Å². The third kappa shape index (κ3) is 5.98. The summed E-state index contributed by atoms with van der Waals surface area (Å²) in [5, 5.41) is 5.88. The molecule has 0 unspecified atom stereocenters. The Morgan fingerprint density at radius 1 is 0.923 bits per heavy atom. The molecule has 0 saturated heterocycles. The Labute approximate surface area is 157 Å². The number of benzene rings is 2. The van der Waals surface area contributed by atoms with Crippen LogP contribution in [0.3, 0.4) is 0 Å². The number of carbonyl (C=O) groups excluding carboxylic acids is 3. The van der Waals surface area contributed by atoms with Crippen molar-refractivity contribution in [2.24, 2.45) is 0 Å². The fourth-order valence-corrected chi connectivity index (χ4v) is 2.47. The summed E-state index contributed by atoms with van der Waals surface area (Å²) < 4.78 is 0. The number of nitrogens with zero attached hydrogens (tertiary/aromatic N) is 1. The van der Waals surface area contributed by atoms with Gasteiger partial charge in [0.15, 0.2) is 5.78 Å². The summed E-state index contributed by atoms with van der Waals surface area (Å²) in [6.45, 7) is 1.57. The Balaban J connectivity index is 1.82. The van der Waals surface area contributed by atoms with Crippen LogP contribution in [0.5, 0.6) is 0 Å². The fourth-order valence-electron chi connectivity index (χ4n) is 2.29. The first-order chi connectivity index (χ1) is 12.3. The second-order valence-electron chi connectivity index (χ2n) is 5.88. The highest BCUT2D eigenvalue weighted by molar-refractivity contribution is 6.33. The summed E-state index contributed by atoms with van der Waals surface area (Å²) >= 11 is 6.00. The van der Waals surface area contributed by atoms with Crippen molar-refractivity contribution in [1.82, 2.24) is 4.90 Å². The van der Waals surface area contributed by atoms with E-state index in [1.165, 1.54) is 6.92 Å². The summed E-state index contributed by atoms with van der Waals surface area (Å²) in [7, 11) is 1.67. The highest BCUT2D eigenvalue weighted by Crippen LogP contribution is 2.20. The van der Waals surface area contributed by atoms with E-state index in [9.17, 15) is 14.4 Å². The van der Waals surface area contributed by atoms with Crippen LogP contribution >= 0.6 is 11.6 Å². The molecule has 0 aliphatic rings. The predicted molar refractivity (Wildman–Crippen MR) is 103 cm³/mol. The molecular formula is C19H20ClN3O3. The second-order valence-corrected chi connectivity index (χ2v) is 6.29. The van der Waals surface area contributed by atoms with Crippen molar-refractivity contribution in [1.29, 1.82) is 0 Å². The molecule has 0 bridgehead atoms. The molecule has 136 valence electrons. The number of hydrogen-bond acceptors (Lipinski definition) is 4. The number of carbonyl (C=O) groups is 3. The Morgan fingerprint density at radius 3 is 2.08 bits per heavy atom. The second kappa shape index (κ2) is 9.12. The lowest BCUT2D eigenvalue weighted by molar-refractivity contribution is -0.119. The van der Waals surface area contributed by atoms with Crippen LogP contribution in [0.25, 0.3) is 0 Å². The van der Waals surface area contributed by atoms with Crippen molar-refractivity contribution in [3.05, 3.63) is 59.1 Å². The fraction of sp³-hybridized carbons (Fsp3) is 0.211. The van der Waals surface area contributed by atoms with Crippen LogP contribution in [0.1, 0.15) is 17.3 Å². The molecule has 0 radical (unpaired) electrons. The summed E-state index contributed by atoms with van der Waals surface area (Å²) in [5.41, 5.74) is 1.70. The van der Waals surface area contributed by atoms with Gasteiger partial charge in [-0.25, -0.2) is 0 Å². The number of hydrogen-bond donors (Lipinski definition) is 2. The Kier molecular flexibility index (Phi) is 6.89. The number of rotatable bonds is 7. The predicted octanol–water partition coefficient (Wildman–Crippen LogP) is 3.05. The van der Waals surface area contributed by atoms with Crippen LogP contribution in [0.15, 0.2) is 48.5 Å². The summed E-state index contributed by atoms with van der Waals surface area (Å²) in [5.74, 6) is -0.556. The molecule has 0 heterocycles. The van der Waals surface area contributed by atoms with E-state index in [0.717, 1.165) is 0 Å². The van der Waals surface area contributed by atoms with E-state index in [1.807, 2.05) is 0 Å². The quantitative estimate of drug-likeness (QED) is 0.731. The third-order valence-electron chi connectivity index (χ3n) is 3.55. The minimum Gasteiger partial charge on any atom is -0.325 e. The number of ketones is 1. The molecule has 0 aromatic heterocycles. The van der Waals surface area contributed by atoms with Gasteiger partial charge < -0.3 is 10.6 Å². The molecule has 0 fully saturated rings. The molecule has 2 amide bonds. The molecule has 2 rings (SSSR count). The lowest BCUT2D eigenvalue weighted by Gasteiger charge is -2.16. The first-order valence-electron chi connectivity index (χ1n) is 7.99. The topological polar surface area (TPSA) is 78.5 Å². The normalized spacial score (nSPS) is 10.5. The van der Waals surface area contributed by atoms with Gasteiger partial charge in [0, 0.05) is 11.3 Å². The van der Waals surface area contributed by atoms with Gasteiger partial charge in [0.25, 0.3) is 0 Å². The average molecular weight is 374 g/mol. The Hall–Kier alpha value is -2.70. The minimum atomic E-state index is -0.265. The van der Waals surface area contributed by atoms with Gasteiger partial charge in [-0.15, -0.1) is 0 Å². The smallest absolute Gasteiger partial charge is 0.238 e. The number of amides is 2. The number of para-hydroxylation sites is 1. The summed E-state index contributed by atoms with van der Waals surface area (Å²) in [6, 6.07) is 13.6. The summed E-state index contributed by atoms with van der Waals surface area (Å²) in [4.78, 5) is 36.9. The van der Waals surface area contributed by atoms with Crippen molar-refractivity contribution in [2.45, 2.75) is 6.92 Å². The monoisotopic (exact) mass is 373 g/mol. The first kappa shape index (κ1) is 19.6. The van der Waals surface area contributed by atoms with Crippen molar-refractivity contribution >= 4 is 40.6 Å². The zero-order valence-corrected chi connectivity index (χ0v) is 15.3. The van der Waals surface area contributed by atoms with E-state index in [-0.39, 0.29) is 30.7 Å². The van der Waals surface area contributed by atoms with Crippen molar-refractivity contribution in [2.75, 3.05) is 30.8 Å². The van der Waals surface area contributed by atoms with Crippen LogP contribution < -0.4 is 10.6 Å². The average Bonchev–Trinajstić information content (AvgIpc) is 2.57. The number of halogens is 1. The molecule has 2 aromatic rings. The van der Waals surface area contributed by atoms with Gasteiger partial charge in [0.05, 0.1) is 23.8 Å². The van der Waals surface area contributed by atoms with Crippen LogP contribution in [-0.2, 0) is 9.59 Å². The third-order valence-corrected chi connectivity index (χ3v) is 3.88. The molecule has 0 spiro atoms. The molecule has 26 heavy (non-hydrogen) atoms.